The van der Waals surface area contributed by atoms with Crippen LogP contribution in [0.15, 0.2) is 24.3 Å². The molecule has 2 fully saturated rings. The molecule has 1 aromatic carbocycles. The van der Waals surface area contributed by atoms with Crippen molar-refractivity contribution in [3.05, 3.63) is 29.8 Å². The van der Waals surface area contributed by atoms with Gasteiger partial charge in [0.15, 0.2) is 0 Å². The number of carbonyl (C=O) groups is 1. The number of likely N-dealkylation sites (N-methyl/N-ethyl adjacent to an activating group) is 1. The smallest absolute Gasteiger partial charge is 0.245 e. The Bertz CT molecular complexity index is 615. The summed E-state index contributed by atoms with van der Waals surface area (Å²) in [5, 5.41) is 11.4. The van der Waals surface area contributed by atoms with E-state index >= 15 is 0 Å². The summed E-state index contributed by atoms with van der Waals surface area (Å²) < 4.78 is 11.7. The molecule has 0 radical (unpaired) electrons. The maximum atomic E-state index is 11.3. The van der Waals surface area contributed by atoms with Crippen LogP contribution in [0.2, 0.25) is 0 Å². The largest absolute Gasteiger partial charge is 0.372 e. The lowest BCUT2D eigenvalue weighted by Gasteiger charge is -2.39. The number of hydrogen-bond acceptors (Lipinski definition) is 5. The summed E-state index contributed by atoms with van der Waals surface area (Å²) in [5.74, 6) is -0.105. The summed E-state index contributed by atoms with van der Waals surface area (Å²) in [6.45, 7) is 2.51. The molecule has 24 heavy (non-hydrogen) atoms. The number of benzene rings is 1. The summed E-state index contributed by atoms with van der Waals surface area (Å²) >= 11 is 0. The zero-order chi connectivity index (χ0) is 17.0. The van der Waals surface area contributed by atoms with E-state index in [1.54, 1.807) is 7.05 Å². The van der Waals surface area contributed by atoms with E-state index in [1.165, 1.54) is 0 Å². The monoisotopic (exact) mass is 329 g/mol. The van der Waals surface area contributed by atoms with Gasteiger partial charge in [-0.2, -0.15) is 5.26 Å². The van der Waals surface area contributed by atoms with Crippen LogP contribution < -0.4 is 10.2 Å². The first-order chi connectivity index (χ1) is 11.6. The van der Waals surface area contributed by atoms with Crippen molar-refractivity contribution in [1.82, 2.24) is 5.32 Å². The van der Waals surface area contributed by atoms with Gasteiger partial charge in [0, 0.05) is 32.2 Å². The molecular formula is C18H23N3O3. The molecule has 128 valence electrons. The second-order valence-corrected chi connectivity index (χ2v) is 6.45. The van der Waals surface area contributed by atoms with Gasteiger partial charge in [0.05, 0.1) is 29.9 Å². The Morgan fingerprint density at radius 1 is 1.42 bits per heavy atom. The molecule has 0 aliphatic carbocycles. The third-order valence-electron chi connectivity index (χ3n) is 4.94. The highest BCUT2D eigenvalue weighted by Crippen LogP contribution is 2.38. The number of rotatable bonds is 4. The molecule has 0 bridgehead atoms. The van der Waals surface area contributed by atoms with Crippen LogP contribution in [0.5, 0.6) is 0 Å². The van der Waals surface area contributed by atoms with Crippen molar-refractivity contribution < 1.29 is 14.3 Å². The molecule has 1 spiro atoms. The highest BCUT2D eigenvalue weighted by molar-refractivity contribution is 5.76. The summed E-state index contributed by atoms with van der Waals surface area (Å²) in [5.41, 5.74) is 1.72. The third-order valence-corrected chi connectivity index (χ3v) is 4.94. The quantitative estimate of drug-likeness (QED) is 0.905. The molecule has 6 heteroatoms. The number of piperidine rings is 1. The lowest BCUT2D eigenvalue weighted by molar-refractivity contribution is -0.127. The fraction of sp³-hybridized carbons (Fsp3) is 0.556. The van der Waals surface area contributed by atoms with Gasteiger partial charge >= 0.3 is 0 Å². The highest BCUT2D eigenvalue weighted by atomic mass is 16.6. The number of carbonyl (C=O) groups excluding carboxylic acids is 1. The van der Waals surface area contributed by atoms with Gasteiger partial charge in [-0.1, -0.05) is 0 Å². The molecule has 3 rings (SSSR count). The molecule has 2 heterocycles. The Labute approximate surface area is 142 Å². The number of nitrogens with zero attached hydrogens (tertiary/aromatic N) is 2. The fourth-order valence-corrected chi connectivity index (χ4v) is 3.44. The molecule has 0 aromatic heterocycles. The van der Waals surface area contributed by atoms with Crippen molar-refractivity contribution in [1.29, 1.82) is 5.26 Å². The maximum Gasteiger partial charge on any atom is 0.245 e. The predicted octanol–water partition coefficient (Wildman–Crippen LogP) is 1.45. The predicted molar refractivity (Wildman–Crippen MR) is 89.7 cm³/mol. The molecule has 1 amide bonds. The van der Waals surface area contributed by atoms with E-state index in [2.05, 4.69) is 16.3 Å². The molecule has 2 aliphatic heterocycles. The van der Waals surface area contributed by atoms with Crippen LogP contribution in [-0.2, 0) is 14.3 Å². The molecule has 2 saturated heterocycles. The Morgan fingerprint density at radius 3 is 2.75 bits per heavy atom. The second kappa shape index (κ2) is 7.20. The van der Waals surface area contributed by atoms with Gasteiger partial charge in [-0.25, -0.2) is 0 Å². The normalized spacial score (nSPS) is 22.3. The number of hydrogen-bond donors (Lipinski definition) is 1. The first kappa shape index (κ1) is 16.7. The van der Waals surface area contributed by atoms with Crippen molar-refractivity contribution in [2.45, 2.75) is 31.0 Å². The van der Waals surface area contributed by atoms with Gasteiger partial charge in [-0.3, -0.25) is 4.79 Å². The summed E-state index contributed by atoms with van der Waals surface area (Å²) in [4.78, 5) is 13.6. The van der Waals surface area contributed by atoms with E-state index in [0.717, 1.165) is 38.0 Å². The van der Waals surface area contributed by atoms with Crippen LogP contribution in [0.1, 0.15) is 24.8 Å². The number of anilines is 1. The SMILES string of the molecule is CNC(=O)COC1COC2(CCN(c3ccc(C#N)cc3)CC2)C1. The van der Waals surface area contributed by atoms with Gasteiger partial charge in [-0.05, 0) is 37.1 Å². The maximum absolute atomic E-state index is 11.3. The number of amides is 1. The van der Waals surface area contributed by atoms with Crippen LogP contribution in [0.4, 0.5) is 5.69 Å². The average molecular weight is 329 g/mol. The van der Waals surface area contributed by atoms with Crippen LogP contribution in [-0.4, -0.2) is 51.0 Å². The Morgan fingerprint density at radius 2 is 2.12 bits per heavy atom. The van der Waals surface area contributed by atoms with Gasteiger partial charge in [0.25, 0.3) is 0 Å². The van der Waals surface area contributed by atoms with Crippen LogP contribution in [0, 0.1) is 11.3 Å². The van der Waals surface area contributed by atoms with E-state index < -0.39 is 0 Å². The molecule has 0 saturated carbocycles. The molecular weight excluding hydrogens is 306 g/mol. The van der Waals surface area contributed by atoms with Crippen molar-refractivity contribution in [3.63, 3.8) is 0 Å². The average Bonchev–Trinajstić information content (AvgIpc) is 3.03. The van der Waals surface area contributed by atoms with Crippen molar-refractivity contribution in [2.75, 3.05) is 38.3 Å². The first-order valence-electron chi connectivity index (χ1n) is 8.35. The fourth-order valence-electron chi connectivity index (χ4n) is 3.44. The van der Waals surface area contributed by atoms with Crippen LogP contribution in [0.3, 0.4) is 0 Å². The zero-order valence-corrected chi connectivity index (χ0v) is 14.0. The summed E-state index contributed by atoms with van der Waals surface area (Å²) in [7, 11) is 1.61. The number of nitriles is 1. The van der Waals surface area contributed by atoms with E-state index in [1.807, 2.05) is 24.3 Å². The molecule has 2 aliphatic rings. The van der Waals surface area contributed by atoms with Crippen LogP contribution in [0.25, 0.3) is 0 Å². The van der Waals surface area contributed by atoms with E-state index in [-0.39, 0.29) is 24.2 Å². The Hall–Kier alpha value is -2.10. The molecule has 1 N–H and O–H groups in total. The first-order valence-corrected chi connectivity index (χ1v) is 8.35. The van der Waals surface area contributed by atoms with E-state index in [4.69, 9.17) is 14.7 Å². The lowest BCUT2D eigenvalue weighted by atomic mass is 9.87. The Kier molecular flexibility index (Phi) is 5.03. The van der Waals surface area contributed by atoms with Gasteiger partial charge < -0.3 is 19.7 Å². The van der Waals surface area contributed by atoms with Gasteiger partial charge in [-0.15, -0.1) is 0 Å². The highest BCUT2D eigenvalue weighted by Gasteiger charge is 2.43. The number of ether oxygens (including phenoxy) is 2. The molecule has 1 atom stereocenters. The standard InChI is InChI=1S/C18H23N3O3/c1-20-17(22)13-23-16-10-18(24-12-16)6-8-21(9-7-18)15-4-2-14(11-19)3-5-15/h2-5,16H,6-10,12-13H2,1H3,(H,20,22). The molecule has 6 nitrogen and oxygen atoms in total. The third kappa shape index (κ3) is 3.69. The van der Waals surface area contributed by atoms with Crippen molar-refractivity contribution in [3.8, 4) is 6.07 Å². The molecule has 1 aromatic rings. The zero-order valence-electron chi connectivity index (χ0n) is 14.0. The second-order valence-electron chi connectivity index (χ2n) is 6.45. The van der Waals surface area contributed by atoms with Crippen molar-refractivity contribution in [2.24, 2.45) is 0 Å². The topological polar surface area (TPSA) is 74.6 Å². The van der Waals surface area contributed by atoms with Crippen LogP contribution >= 0.6 is 0 Å². The van der Waals surface area contributed by atoms with Crippen molar-refractivity contribution >= 4 is 11.6 Å². The minimum Gasteiger partial charge on any atom is -0.372 e. The van der Waals surface area contributed by atoms with Gasteiger partial charge in [0.1, 0.15) is 6.61 Å². The van der Waals surface area contributed by atoms with Gasteiger partial charge in [0.2, 0.25) is 5.91 Å². The summed E-state index contributed by atoms with van der Waals surface area (Å²) in [6.07, 6.45) is 2.76. The number of nitrogens with one attached hydrogen (secondary N) is 1. The minimum absolute atomic E-state index is 0.00348. The van der Waals surface area contributed by atoms with E-state index in [0.29, 0.717) is 12.2 Å². The Balaban J connectivity index is 1.51. The minimum atomic E-state index is -0.115. The lowest BCUT2D eigenvalue weighted by Crippen LogP contribution is -2.44. The summed E-state index contributed by atoms with van der Waals surface area (Å²) in [6, 6.07) is 9.86. The van der Waals surface area contributed by atoms with E-state index in [9.17, 15) is 4.79 Å². The molecule has 1 unspecified atom stereocenters.